The van der Waals surface area contributed by atoms with Gasteiger partial charge in [0.05, 0.1) is 6.20 Å². The number of hydrogen-bond donors (Lipinski definition) is 3. The minimum atomic E-state index is -0.481. The summed E-state index contributed by atoms with van der Waals surface area (Å²) in [5.74, 6) is 1.56. The molecule has 1 fully saturated rings. The summed E-state index contributed by atoms with van der Waals surface area (Å²) in [6.45, 7) is 2.63. The number of nitrogens with zero attached hydrogens (tertiary/aromatic N) is 4. The lowest BCUT2D eigenvalue weighted by molar-refractivity contribution is 0.177. The standard InChI is InChI=1S/C18H24FN7O/c19-14-9-24-16(13-8-23-15-12(13)4-1-5-21-15)25-17(14)22-7-11-3-2-6-26(10-11)18(20)27/h8-9,11-12H,1-7,10H2,(H2,20,27)(H,21,23)(H,22,24,25)/t11-,12?/m1/s1. The molecule has 0 bridgehead atoms. The summed E-state index contributed by atoms with van der Waals surface area (Å²) >= 11 is 0. The monoisotopic (exact) mass is 373 g/mol. The number of amides is 2. The molecule has 9 heteroatoms. The zero-order chi connectivity index (χ0) is 18.8. The fourth-order valence-electron chi connectivity index (χ4n) is 3.97. The summed E-state index contributed by atoms with van der Waals surface area (Å²) in [5, 5.41) is 6.28. The van der Waals surface area contributed by atoms with Crippen LogP contribution in [0, 0.1) is 17.7 Å². The highest BCUT2D eigenvalue weighted by molar-refractivity contribution is 6.00. The number of carbonyl (C=O) groups excluding carboxylic acids is 1. The molecule has 4 heterocycles. The van der Waals surface area contributed by atoms with Crippen LogP contribution >= 0.6 is 0 Å². The van der Waals surface area contributed by atoms with Gasteiger partial charge in [-0.1, -0.05) is 0 Å². The van der Waals surface area contributed by atoms with Crippen molar-refractivity contribution in [3.8, 4) is 0 Å². The number of likely N-dealkylation sites (tertiary alicyclic amines) is 1. The molecule has 0 saturated carbocycles. The van der Waals surface area contributed by atoms with Crippen LogP contribution in [0.4, 0.5) is 15.0 Å². The number of primary amides is 1. The molecule has 4 N–H and O–H groups in total. The van der Waals surface area contributed by atoms with Crippen LogP contribution in [-0.4, -0.2) is 52.9 Å². The molecule has 1 unspecified atom stereocenters. The van der Waals surface area contributed by atoms with Crippen LogP contribution in [0.5, 0.6) is 0 Å². The van der Waals surface area contributed by atoms with E-state index in [1.54, 1.807) is 4.90 Å². The van der Waals surface area contributed by atoms with Crippen molar-refractivity contribution in [1.29, 1.82) is 0 Å². The number of fused-ring (bicyclic) bond motifs is 1. The van der Waals surface area contributed by atoms with Gasteiger partial charge in [0, 0.05) is 43.9 Å². The third kappa shape index (κ3) is 3.72. The van der Waals surface area contributed by atoms with E-state index in [1.165, 1.54) is 6.20 Å². The number of nitrogens with one attached hydrogen (secondary N) is 2. The average Bonchev–Trinajstić information content (AvgIpc) is 3.12. The number of nitrogens with two attached hydrogens (primary N) is 1. The van der Waals surface area contributed by atoms with Crippen LogP contribution in [0.1, 0.15) is 31.5 Å². The van der Waals surface area contributed by atoms with E-state index in [4.69, 9.17) is 5.73 Å². The second-order valence-electron chi connectivity index (χ2n) is 7.27. The van der Waals surface area contributed by atoms with E-state index in [-0.39, 0.29) is 17.7 Å². The predicted molar refractivity (Wildman–Crippen MR) is 100 cm³/mol. The largest absolute Gasteiger partial charge is 0.367 e. The molecule has 1 saturated heterocycles. The molecular formula is C18H24FN7O. The first-order valence-corrected chi connectivity index (χ1v) is 9.44. The Morgan fingerprint density at radius 3 is 3.15 bits per heavy atom. The molecule has 1 aromatic rings. The summed E-state index contributed by atoms with van der Waals surface area (Å²) in [5.41, 5.74) is 6.32. The van der Waals surface area contributed by atoms with Gasteiger partial charge in [-0.25, -0.2) is 19.2 Å². The Morgan fingerprint density at radius 2 is 2.30 bits per heavy atom. The Bertz CT molecular complexity index is 794. The summed E-state index contributed by atoms with van der Waals surface area (Å²) in [6.07, 6.45) is 6.96. The van der Waals surface area contributed by atoms with Gasteiger partial charge in [0.2, 0.25) is 0 Å². The molecule has 144 valence electrons. The summed E-state index contributed by atoms with van der Waals surface area (Å²) in [4.78, 5) is 26.1. The van der Waals surface area contributed by atoms with Crippen molar-refractivity contribution < 1.29 is 9.18 Å². The van der Waals surface area contributed by atoms with E-state index in [0.29, 0.717) is 25.5 Å². The maximum Gasteiger partial charge on any atom is 0.314 e. The topological polar surface area (TPSA) is 109 Å². The Kier molecular flexibility index (Phi) is 4.91. The van der Waals surface area contributed by atoms with Gasteiger partial charge in [0.1, 0.15) is 5.84 Å². The first-order valence-electron chi connectivity index (χ1n) is 9.44. The maximum absolute atomic E-state index is 14.2. The second kappa shape index (κ2) is 7.50. The lowest BCUT2D eigenvalue weighted by atomic mass is 9.93. The van der Waals surface area contributed by atoms with Gasteiger partial charge in [-0.2, -0.15) is 0 Å². The van der Waals surface area contributed by atoms with Crippen LogP contribution in [0.2, 0.25) is 0 Å². The molecule has 0 aliphatic carbocycles. The summed E-state index contributed by atoms with van der Waals surface area (Å²) < 4.78 is 14.2. The van der Waals surface area contributed by atoms with Gasteiger partial charge >= 0.3 is 6.03 Å². The maximum atomic E-state index is 14.2. The van der Waals surface area contributed by atoms with E-state index in [1.807, 2.05) is 6.20 Å². The molecule has 3 aliphatic heterocycles. The third-order valence-electron chi connectivity index (χ3n) is 5.41. The Hall–Kier alpha value is -2.71. The first-order chi connectivity index (χ1) is 13.1. The van der Waals surface area contributed by atoms with Crippen LogP contribution in [0.15, 0.2) is 17.4 Å². The number of aliphatic imine (C=N–C) groups is 1. The number of halogens is 1. The second-order valence-corrected chi connectivity index (χ2v) is 7.27. The minimum Gasteiger partial charge on any atom is -0.367 e. The fraction of sp³-hybridized carbons (Fsp3) is 0.556. The Labute approximate surface area is 157 Å². The molecule has 0 radical (unpaired) electrons. The number of urea groups is 1. The van der Waals surface area contributed by atoms with Crippen molar-refractivity contribution in [3.05, 3.63) is 24.0 Å². The highest BCUT2D eigenvalue weighted by Crippen LogP contribution is 2.32. The number of amidine groups is 1. The lowest BCUT2D eigenvalue weighted by Crippen LogP contribution is -2.44. The lowest BCUT2D eigenvalue weighted by Gasteiger charge is -2.31. The predicted octanol–water partition coefficient (Wildman–Crippen LogP) is 1.57. The van der Waals surface area contributed by atoms with Crippen molar-refractivity contribution in [2.45, 2.75) is 25.7 Å². The molecule has 0 aromatic carbocycles. The molecule has 3 aliphatic rings. The molecular weight excluding hydrogens is 349 g/mol. The first kappa shape index (κ1) is 17.7. The average molecular weight is 373 g/mol. The number of anilines is 1. The molecule has 2 amide bonds. The van der Waals surface area contributed by atoms with Gasteiger partial charge in [0.15, 0.2) is 17.5 Å². The fourth-order valence-corrected chi connectivity index (χ4v) is 3.97. The van der Waals surface area contributed by atoms with E-state index in [2.05, 4.69) is 25.6 Å². The Balaban J connectivity index is 1.45. The zero-order valence-corrected chi connectivity index (χ0v) is 15.1. The van der Waals surface area contributed by atoms with Gasteiger partial charge in [-0.05, 0) is 31.6 Å². The van der Waals surface area contributed by atoms with E-state index in [9.17, 15) is 9.18 Å². The SMILES string of the molecule is NC(=O)N1CCC[C@H](CNc2nc(C3=CNC4=NCCCC34)ncc2F)C1. The minimum absolute atomic E-state index is 0.166. The van der Waals surface area contributed by atoms with Gasteiger partial charge < -0.3 is 21.3 Å². The quantitative estimate of drug-likeness (QED) is 0.742. The van der Waals surface area contributed by atoms with E-state index < -0.39 is 11.8 Å². The van der Waals surface area contributed by atoms with Crippen molar-refractivity contribution in [3.63, 3.8) is 0 Å². The van der Waals surface area contributed by atoms with Gasteiger partial charge in [0.25, 0.3) is 0 Å². The summed E-state index contributed by atoms with van der Waals surface area (Å²) in [6, 6.07) is -0.402. The highest BCUT2D eigenvalue weighted by Gasteiger charge is 2.30. The molecule has 27 heavy (non-hydrogen) atoms. The molecule has 0 spiro atoms. The van der Waals surface area contributed by atoms with E-state index in [0.717, 1.165) is 43.6 Å². The Morgan fingerprint density at radius 1 is 1.41 bits per heavy atom. The van der Waals surface area contributed by atoms with E-state index >= 15 is 0 Å². The number of piperidine rings is 1. The highest BCUT2D eigenvalue weighted by atomic mass is 19.1. The number of rotatable bonds is 4. The smallest absolute Gasteiger partial charge is 0.314 e. The van der Waals surface area contributed by atoms with Crippen LogP contribution < -0.4 is 16.4 Å². The molecule has 2 atom stereocenters. The van der Waals surface area contributed by atoms with Crippen molar-refractivity contribution >= 4 is 23.3 Å². The number of hydrogen-bond acceptors (Lipinski definition) is 6. The molecule has 1 aromatic heterocycles. The van der Waals surface area contributed by atoms with Crippen molar-refractivity contribution in [1.82, 2.24) is 20.2 Å². The van der Waals surface area contributed by atoms with Gasteiger partial charge in [-0.15, -0.1) is 0 Å². The van der Waals surface area contributed by atoms with Gasteiger partial charge in [-0.3, -0.25) is 4.99 Å². The zero-order valence-electron chi connectivity index (χ0n) is 15.1. The normalized spacial score (nSPS) is 24.6. The number of carbonyl (C=O) groups is 1. The van der Waals surface area contributed by atoms with Crippen molar-refractivity contribution in [2.75, 3.05) is 31.5 Å². The third-order valence-corrected chi connectivity index (χ3v) is 5.41. The molecule has 8 nitrogen and oxygen atoms in total. The summed E-state index contributed by atoms with van der Waals surface area (Å²) in [7, 11) is 0. The van der Waals surface area contributed by atoms with Crippen LogP contribution in [0.3, 0.4) is 0 Å². The molecule has 4 rings (SSSR count). The van der Waals surface area contributed by atoms with Crippen molar-refractivity contribution in [2.24, 2.45) is 22.6 Å². The van der Waals surface area contributed by atoms with Crippen LogP contribution in [-0.2, 0) is 0 Å². The number of aromatic nitrogens is 2. The van der Waals surface area contributed by atoms with Crippen LogP contribution in [0.25, 0.3) is 5.57 Å².